The fraction of sp³-hybridized carbons (Fsp3) is 0.400. The number of carbonyl (C=O) groups excluding carboxylic acids is 2. The van der Waals surface area contributed by atoms with Gasteiger partial charge in [-0.15, -0.1) is 0 Å². The second-order valence-electron chi connectivity index (χ2n) is 5.38. The van der Waals surface area contributed by atoms with Gasteiger partial charge in [0, 0.05) is 18.2 Å². The van der Waals surface area contributed by atoms with E-state index in [0.29, 0.717) is 6.54 Å². The largest absolute Gasteiger partial charge is 0.500 e. The van der Waals surface area contributed by atoms with Gasteiger partial charge in [-0.3, -0.25) is 19.7 Å². The number of hydrogen-bond acceptors (Lipinski definition) is 7. The first kappa shape index (κ1) is 19.9. The van der Waals surface area contributed by atoms with Crippen LogP contribution in [0.5, 0.6) is 11.5 Å². The summed E-state index contributed by atoms with van der Waals surface area (Å²) in [6.45, 7) is 5.95. The van der Waals surface area contributed by atoms with E-state index in [0.717, 1.165) is 12.3 Å². The summed E-state index contributed by atoms with van der Waals surface area (Å²) < 4.78 is 5.12. The summed E-state index contributed by atoms with van der Waals surface area (Å²) in [5.74, 6) is -2.29. The molecule has 0 spiro atoms. The summed E-state index contributed by atoms with van der Waals surface area (Å²) in [5.41, 5.74) is 1.66. The fourth-order valence-corrected chi connectivity index (χ4v) is 1.69. The second-order valence-corrected chi connectivity index (χ2v) is 5.38. The number of hydrazone groups is 1. The second kappa shape index (κ2) is 9.21. The molecule has 0 heterocycles. The van der Waals surface area contributed by atoms with Gasteiger partial charge in [0.05, 0.1) is 17.7 Å². The zero-order valence-electron chi connectivity index (χ0n) is 14.1. The van der Waals surface area contributed by atoms with Gasteiger partial charge in [0.25, 0.3) is 0 Å². The molecule has 10 heteroatoms. The van der Waals surface area contributed by atoms with E-state index in [9.17, 15) is 24.8 Å². The van der Waals surface area contributed by atoms with Crippen LogP contribution in [0, 0.1) is 16.0 Å². The lowest BCUT2D eigenvalue weighted by Crippen LogP contribution is -2.39. The average Bonchev–Trinajstić information content (AvgIpc) is 2.54. The number of nitro groups is 1. The van der Waals surface area contributed by atoms with Crippen LogP contribution in [0.15, 0.2) is 17.2 Å². The summed E-state index contributed by atoms with van der Waals surface area (Å²) in [4.78, 5) is 33.2. The minimum absolute atomic E-state index is 0.0841. The number of carbonyl (C=O) groups is 2. The van der Waals surface area contributed by atoms with E-state index in [4.69, 9.17) is 4.74 Å². The molecule has 0 saturated heterocycles. The Morgan fingerprint density at radius 2 is 2.08 bits per heavy atom. The molecule has 3 N–H and O–H groups in total. The van der Waals surface area contributed by atoms with Gasteiger partial charge >= 0.3 is 17.5 Å². The van der Waals surface area contributed by atoms with E-state index in [-0.39, 0.29) is 23.8 Å². The zero-order chi connectivity index (χ0) is 19.0. The van der Waals surface area contributed by atoms with E-state index in [1.165, 1.54) is 6.07 Å². The summed E-state index contributed by atoms with van der Waals surface area (Å²) in [5, 5.41) is 26.7. The van der Waals surface area contributed by atoms with Crippen molar-refractivity contribution in [3.63, 3.8) is 0 Å². The Kier molecular flexibility index (Phi) is 7.32. The Morgan fingerprint density at radius 1 is 1.40 bits per heavy atom. The molecule has 1 rings (SSSR count). The van der Waals surface area contributed by atoms with Crippen LogP contribution in [0.25, 0.3) is 0 Å². The number of aromatic hydroxyl groups is 1. The van der Waals surface area contributed by atoms with Crippen molar-refractivity contribution < 1.29 is 24.4 Å². The summed E-state index contributed by atoms with van der Waals surface area (Å²) in [7, 11) is 0. The number of rotatable bonds is 7. The highest BCUT2D eigenvalue weighted by Gasteiger charge is 2.20. The lowest BCUT2D eigenvalue weighted by atomic mass is 10.2. The van der Waals surface area contributed by atoms with E-state index in [1.807, 2.05) is 19.3 Å². The maximum atomic E-state index is 11.5. The van der Waals surface area contributed by atoms with Crippen molar-refractivity contribution in [1.29, 1.82) is 0 Å². The molecule has 0 aliphatic rings. The fourth-order valence-electron chi connectivity index (χ4n) is 1.69. The van der Waals surface area contributed by atoms with Crippen molar-refractivity contribution in [2.75, 3.05) is 13.2 Å². The molecule has 10 nitrogen and oxygen atoms in total. The number of amides is 2. The van der Waals surface area contributed by atoms with E-state index >= 15 is 0 Å². The summed E-state index contributed by atoms with van der Waals surface area (Å²) in [6, 6.07) is 2.38. The van der Waals surface area contributed by atoms with Crippen LogP contribution in [0.1, 0.15) is 26.3 Å². The molecule has 0 aromatic heterocycles. The van der Waals surface area contributed by atoms with E-state index in [1.54, 1.807) is 6.92 Å². The highest BCUT2D eigenvalue weighted by Crippen LogP contribution is 2.36. The number of hydrogen-bond donors (Lipinski definition) is 3. The topological polar surface area (TPSA) is 143 Å². The van der Waals surface area contributed by atoms with Gasteiger partial charge < -0.3 is 15.2 Å². The summed E-state index contributed by atoms with van der Waals surface area (Å²) >= 11 is 0. The van der Waals surface area contributed by atoms with Crippen LogP contribution < -0.4 is 15.5 Å². The minimum atomic E-state index is -0.963. The van der Waals surface area contributed by atoms with Crippen LogP contribution in [0.2, 0.25) is 0 Å². The van der Waals surface area contributed by atoms with Gasteiger partial charge in [-0.1, -0.05) is 13.8 Å². The number of phenolic OH excluding ortho intramolecular Hbond substituents is 1. The number of nitrogens with zero attached hydrogens (tertiary/aromatic N) is 2. The lowest BCUT2D eigenvalue weighted by molar-refractivity contribution is -0.386. The van der Waals surface area contributed by atoms with Gasteiger partial charge in [-0.25, -0.2) is 5.43 Å². The lowest BCUT2D eigenvalue weighted by Gasteiger charge is -2.07. The molecule has 0 saturated carbocycles. The number of phenols is 1. The molecule has 0 atom stereocenters. The monoisotopic (exact) mass is 352 g/mol. The summed E-state index contributed by atoms with van der Waals surface area (Å²) in [6.07, 6.45) is 1.10. The van der Waals surface area contributed by atoms with Gasteiger partial charge in [0.15, 0.2) is 5.75 Å². The van der Waals surface area contributed by atoms with Crippen LogP contribution in [-0.4, -0.2) is 41.2 Å². The first-order valence-electron chi connectivity index (χ1n) is 7.51. The Balaban J connectivity index is 2.84. The minimum Gasteiger partial charge on any atom is -0.500 e. The smallest absolute Gasteiger partial charge is 0.329 e. The molecule has 25 heavy (non-hydrogen) atoms. The number of ether oxygens (including phenoxy) is 1. The zero-order valence-corrected chi connectivity index (χ0v) is 14.1. The first-order valence-corrected chi connectivity index (χ1v) is 7.51. The van der Waals surface area contributed by atoms with Crippen molar-refractivity contribution in [3.05, 3.63) is 27.8 Å². The van der Waals surface area contributed by atoms with Crippen molar-refractivity contribution in [2.45, 2.75) is 20.8 Å². The van der Waals surface area contributed by atoms with Crippen molar-refractivity contribution in [1.82, 2.24) is 10.7 Å². The molecule has 0 bridgehead atoms. The molecule has 0 aliphatic carbocycles. The Bertz CT molecular complexity index is 687. The number of benzene rings is 1. The van der Waals surface area contributed by atoms with Crippen LogP contribution in [0.3, 0.4) is 0 Å². The van der Waals surface area contributed by atoms with Crippen LogP contribution in [-0.2, 0) is 9.59 Å². The molecule has 2 amide bonds. The van der Waals surface area contributed by atoms with Gasteiger partial charge in [-0.2, -0.15) is 5.10 Å². The first-order chi connectivity index (χ1) is 11.8. The van der Waals surface area contributed by atoms with Crippen molar-refractivity contribution in [2.24, 2.45) is 11.0 Å². The number of nitro benzene ring substituents is 1. The van der Waals surface area contributed by atoms with Gasteiger partial charge in [0.1, 0.15) is 0 Å². The van der Waals surface area contributed by atoms with E-state index < -0.39 is 28.2 Å². The Hall–Kier alpha value is -3.17. The molecule has 0 aliphatic heterocycles. The van der Waals surface area contributed by atoms with E-state index in [2.05, 4.69) is 10.4 Å². The van der Waals surface area contributed by atoms with Crippen LogP contribution in [0.4, 0.5) is 5.69 Å². The molecular weight excluding hydrogens is 332 g/mol. The molecule has 0 fully saturated rings. The number of nitrogens with one attached hydrogen (secondary N) is 2. The quantitative estimate of drug-likeness (QED) is 0.288. The molecular formula is C15H20N4O6. The average molecular weight is 352 g/mol. The third-order valence-electron chi connectivity index (χ3n) is 2.83. The Morgan fingerprint density at radius 3 is 2.64 bits per heavy atom. The predicted molar refractivity (Wildman–Crippen MR) is 89.5 cm³/mol. The normalized spacial score (nSPS) is 10.7. The molecule has 0 unspecified atom stereocenters. The molecule has 1 aromatic rings. The highest BCUT2D eigenvalue weighted by molar-refractivity contribution is 6.35. The predicted octanol–water partition coefficient (Wildman–Crippen LogP) is 0.921. The van der Waals surface area contributed by atoms with Gasteiger partial charge in [0.2, 0.25) is 5.75 Å². The Labute approximate surface area is 144 Å². The molecule has 0 radical (unpaired) electrons. The van der Waals surface area contributed by atoms with Crippen LogP contribution >= 0.6 is 0 Å². The van der Waals surface area contributed by atoms with Crippen molar-refractivity contribution >= 4 is 23.7 Å². The van der Waals surface area contributed by atoms with Crippen molar-refractivity contribution in [3.8, 4) is 11.5 Å². The maximum Gasteiger partial charge on any atom is 0.329 e. The third-order valence-corrected chi connectivity index (χ3v) is 2.83. The highest BCUT2D eigenvalue weighted by atomic mass is 16.6. The maximum absolute atomic E-state index is 11.5. The third kappa shape index (κ3) is 6.09. The molecule has 136 valence electrons. The SMILES string of the molecule is CCOc1cc(/C=N\NC(=O)C(=O)NCC(C)C)cc([N+](=O)[O-])c1O. The van der Waals surface area contributed by atoms with Gasteiger partial charge in [-0.05, 0) is 18.9 Å². The molecule has 1 aromatic carbocycles. The standard InChI is InChI=1S/C15H20N4O6/c1-4-25-12-6-10(5-11(13(12)20)19(23)24)8-17-18-15(22)14(21)16-7-9(2)3/h5-6,8-9,20H,4,7H2,1-3H3,(H,16,21)(H,18,22)/b17-8-.